The molecular weight excluding hydrogens is 584 g/mol. The summed E-state index contributed by atoms with van der Waals surface area (Å²) in [6, 6.07) is 22.7. The van der Waals surface area contributed by atoms with E-state index in [1.54, 1.807) is 38.2 Å². The van der Waals surface area contributed by atoms with Crippen LogP contribution in [-0.4, -0.2) is 88.4 Å². The molecular formula is C33H32N10O3. The molecule has 13 heteroatoms. The fourth-order valence-electron chi connectivity index (χ4n) is 5.99. The topological polar surface area (TPSA) is 133 Å². The molecule has 0 aliphatic carbocycles. The zero-order valence-corrected chi connectivity index (χ0v) is 25.0. The summed E-state index contributed by atoms with van der Waals surface area (Å²) in [4.78, 5) is 52.6. The Morgan fingerprint density at radius 3 is 2.52 bits per heavy atom. The Morgan fingerprint density at radius 2 is 1.67 bits per heavy atom. The average Bonchev–Trinajstić information content (AvgIpc) is 3.52. The van der Waals surface area contributed by atoms with Gasteiger partial charge in [0.05, 0.1) is 43.6 Å². The molecule has 13 nitrogen and oxygen atoms in total. The molecule has 2 saturated heterocycles. The summed E-state index contributed by atoms with van der Waals surface area (Å²) >= 11 is 0. The molecule has 4 amide bonds. The Balaban J connectivity index is 1.15. The number of nitrogens with zero attached hydrogens (tertiary/aromatic N) is 9. The minimum absolute atomic E-state index is 0.0885. The van der Waals surface area contributed by atoms with Gasteiger partial charge in [-0.25, -0.2) is 14.5 Å². The van der Waals surface area contributed by atoms with Gasteiger partial charge >= 0.3 is 6.03 Å². The Kier molecular flexibility index (Phi) is 8.04. The van der Waals surface area contributed by atoms with Crippen molar-refractivity contribution in [2.75, 3.05) is 19.6 Å². The van der Waals surface area contributed by atoms with Crippen molar-refractivity contribution in [2.45, 2.75) is 32.3 Å². The summed E-state index contributed by atoms with van der Waals surface area (Å²) in [5, 5.41) is 15.8. The van der Waals surface area contributed by atoms with Crippen LogP contribution < -0.4 is 5.32 Å². The van der Waals surface area contributed by atoms with Crippen LogP contribution >= 0.6 is 0 Å². The molecule has 2 fully saturated rings. The van der Waals surface area contributed by atoms with Gasteiger partial charge in [0, 0.05) is 37.1 Å². The summed E-state index contributed by atoms with van der Waals surface area (Å²) in [7, 11) is 0. The molecule has 5 aromatic rings. The first-order valence-electron chi connectivity index (χ1n) is 15.1. The first kappa shape index (κ1) is 29.0. The smallest absolute Gasteiger partial charge is 0.333 e. The quantitative estimate of drug-likeness (QED) is 0.281. The minimum atomic E-state index is -0.713. The number of carbonyl (C=O) groups is 3. The number of nitrogens with one attached hydrogen (secondary N) is 1. The summed E-state index contributed by atoms with van der Waals surface area (Å²) < 4.78 is 1.71. The van der Waals surface area contributed by atoms with E-state index in [0.717, 1.165) is 27.6 Å². The third-order valence-electron chi connectivity index (χ3n) is 8.24. The van der Waals surface area contributed by atoms with Crippen molar-refractivity contribution >= 4 is 28.7 Å². The van der Waals surface area contributed by atoms with E-state index in [2.05, 4.69) is 25.6 Å². The molecule has 5 heterocycles. The van der Waals surface area contributed by atoms with Gasteiger partial charge < -0.3 is 15.1 Å². The zero-order valence-electron chi connectivity index (χ0n) is 25.0. The number of carbonyl (C=O) groups excluding carboxylic acids is 3. The van der Waals surface area contributed by atoms with E-state index >= 15 is 0 Å². The van der Waals surface area contributed by atoms with Crippen LogP contribution in [0.25, 0.3) is 10.9 Å². The van der Waals surface area contributed by atoms with Crippen molar-refractivity contribution in [1.82, 2.24) is 50.1 Å². The molecule has 1 unspecified atom stereocenters. The van der Waals surface area contributed by atoms with Gasteiger partial charge in [-0.15, -0.1) is 5.10 Å². The third-order valence-corrected chi connectivity index (χ3v) is 8.24. The van der Waals surface area contributed by atoms with Gasteiger partial charge in [-0.1, -0.05) is 53.7 Å². The van der Waals surface area contributed by atoms with E-state index in [1.165, 1.54) is 4.90 Å². The van der Waals surface area contributed by atoms with Gasteiger partial charge in [0.1, 0.15) is 12.7 Å². The predicted molar refractivity (Wildman–Crippen MR) is 167 cm³/mol. The van der Waals surface area contributed by atoms with Crippen LogP contribution in [-0.2, 0) is 35.8 Å². The van der Waals surface area contributed by atoms with Crippen LogP contribution in [0.4, 0.5) is 4.79 Å². The number of fused-ring (bicyclic) bond motifs is 2. The van der Waals surface area contributed by atoms with E-state index in [1.807, 2.05) is 79.0 Å². The third kappa shape index (κ3) is 6.13. The maximum absolute atomic E-state index is 14.0. The van der Waals surface area contributed by atoms with Crippen LogP contribution in [0.15, 0.2) is 97.6 Å². The number of pyridine rings is 2. The van der Waals surface area contributed by atoms with Crippen molar-refractivity contribution in [2.24, 2.45) is 0 Å². The van der Waals surface area contributed by atoms with Crippen LogP contribution in [0.1, 0.15) is 22.4 Å². The molecule has 0 bridgehead atoms. The molecule has 2 aromatic carbocycles. The summed E-state index contributed by atoms with van der Waals surface area (Å²) in [6.45, 7) is 1.24. The van der Waals surface area contributed by atoms with Gasteiger partial charge in [-0.2, -0.15) is 5.01 Å². The fraction of sp³-hybridized carbons (Fsp3) is 0.242. The number of urea groups is 1. The van der Waals surface area contributed by atoms with Crippen LogP contribution in [0, 0.1) is 0 Å². The molecule has 7 rings (SSSR count). The highest BCUT2D eigenvalue weighted by atomic mass is 16.2. The summed E-state index contributed by atoms with van der Waals surface area (Å²) in [5.74, 6) is -0.411. The molecule has 0 radical (unpaired) electrons. The Morgan fingerprint density at radius 1 is 0.826 bits per heavy atom. The lowest BCUT2D eigenvalue weighted by Gasteiger charge is -2.52. The Bertz CT molecular complexity index is 1860. The highest BCUT2D eigenvalue weighted by Crippen LogP contribution is 2.26. The van der Waals surface area contributed by atoms with E-state index in [9.17, 15) is 14.4 Å². The van der Waals surface area contributed by atoms with E-state index in [-0.39, 0.29) is 44.0 Å². The highest BCUT2D eigenvalue weighted by Gasteiger charge is 2.47. The number of hydrazine groups is 1. The number of hydrogen-bond donors (Lipinski definition) is 1. The minimum Gasteiger partial charge on any atom is -0.333 e. The van der Waals surface area contributed by atoms with Crippen molar-refractivity contribution in [1.29, 1.82) is 0 Å². The summed E-state index contributed by atoms with van der Waals surface area (Å²) in [6.07, 6.45) is 6.28. The summed E-state index contributed by atoms with van der Waals surface area (Å²) in [5.41, 5.74) is 4.34. The van der Waals surface area contributed by atoms with Crippen molar-refractivity contribution in [3.8, 4) is 0 Å². The normalized spacial score (nSPS) is 17.0. The number of benzene rings is 2. The SMILES string of the molecule is O=C1CN2C(=O)CN(Cc3cn(Cc4ccncc4)nn3)N(C(=O)NCc3ccccc3)C2CN1Cc1cccc2ncccc12. The van der Waals surface area contributed by atoms with E-state index in [0.29, 0.717) is 25.3 Å². The maximum atomic E-state index is 14.0. The van der Waals surface area contributed by atoms with Crippen LogP contribution in [0.2, 0.25) is 0 Å². The fourth-order valence-corrected chi connectivity index (χ4v) is 5.99. The van der Waals surface area contributed by atoms with Crippen LogP contribution in [0.3, 0.4) is 0 Å². The highest BCUT2D eigenvalue weighted by molar-refractivity contribution is 5.89. The van der Waals surface area contributed by atoms with Crippen molar-refractivity contribution in [3.63, 3.8) is 0 Å². The molecule has 2 aliphatic heterocycles. The monoisotopic (exact) mass is 616 g/mol. The van der Waals surface area contributed by atoms with Crippen molar-refractivity contribution < 1.29 is 14.4 Å². The average molecular weight is 617 g/mol. The maximum Gasteiger partial charge on any atom is 0.334 e. The molecule has 0 saturated carbocycles. The largest absolute Gasteiger partial charge is 0.334 e. The number of piperazine rings is 1. The van der Waals surface area contributed by atoms with E-state index < -0.39 is 6.17 Å². The second kappa shape index (κ2) is 12.7. The van der Waals surface area contributed by atoms with Gasteiger partial charge in [-0.05, 0) is 41.0 Å². The second-order valence-electron chi connectivity index (χ2n) is 11.3. The Labute approximate surface area is 265 Å². The molecule has 0 spiro atoms. The number of aromatic nitrogens is 5. The molecule has 2 aliphatic rings. The number of hydrogen-bond acceptors (Lipinski definition) is 8. The first-order chi connectivity index (χ1) is 22.5. The van der Waals surface area contributed by atoms with E-state index in [4.69, 9.17) is 0 Å². The molecule has 3 aromatic heterocycles. The lowest BCUT2D eigenvalue weighted by Crippen LogP contribution is -2.73. The number of amides is 4. The standard InChI is InChI=1S/C33H32N10O3/c44-31-23-42-30(21-39(31)18-26-8-4-10-29-28(26)9-5-13-35-29)43(33(46)36-16-24-6-2-1-3-7-24)41(22-32(42)45)20-27-19-40(38-37-27)17-25-11-14-34-15-12-25/h1-15,19,30H,16-18,20-23H2,(H,36,46). The predicted octanol–water partition coefficient (Wildman–Crippen LogP) is 2.41. The molecule has 1 N–H and O–H groups in total. The lowest BCUT2D eigenvalue weighted by molar-refractivity contribution is -0.183. The second-order valence-corrected chi connectivity index (χ2v) is 11.3. The lowest BCUT2D eigenvalue weighted by atomic mass is 10.1. The van der Waals surface area contributed by atoms with Gasteiger partial charge in [-0.3, -0.25) is 19.6 Å². The van der Waals surface area contributed by atoms with Gasteiger partial charge in [0.15, 0.2) is 0 Å². The zero-order chi connectivity index (χ0) is 31.5. The molecule has 232 valence electrons. The van der Waals surface area contributed by atoms with Gasteiger partial charge in [0.2, 0.25) is 11.8 Å². The van der Waals surface area contributed by atoms with Crippen molar-refractivity contribution in [3.05, 3.63) is 120 Å². The molecule has 1 atom stereocenters. The number of rotatable bonds is 8. The van der Waals surface area contributed by atoms with Crippen LogP contribution in [0.5, 0.6) is 0 Å². The van der Waals surface area contributed by atoms with Gasteiger partial charge in [0.25, 0.3) is 0 Å². The first-order valence-corrected chi connectivity index (χ1v) is 15.1. The Hall–Kier alpha value is -5.69. The molecule has 46 heavy (non-hydrogen) atoms.